The van der Waals surface area contributed by atoms with Crippen molar-refractivity contribution < 1.29 is 9.53 Å². The lowest BCUT2D eigenvalue weighted by molar-refractivity contribution is -0.166. The second kappa shape index (κ2) is 3.66. The lowest BCUT2D eigenvalue weighted by Gasteiger charge is -2.44. The SMILES string of the molecule is C#CC1(OC(C)=O)CCC1CC=C. The zero-order chi connectivity index (χ0) is 9.90. The van der Waals surface area contributed by atoms with Crippen molar-refractivity contribution in [2.75, 3.05) is 0 Å². The van der Waals surface area contributed by atoms with Crippen LogP contribution in [-0.4, -0.2) is 11.6 Å². The summed E-state index contributed by atoms with van der Waals surface area (Å²) in [5, 5.41) is 0. The molecule has 0 bridgehead atoms. The molecule has 0 heterocycles. The number of ether oxygens (including phenoxy) is 1. The van der Waals surface area contributed by atoms with E-state index in [-0.39, 0.29) is 11.9 Å². The first-order chi connectivity index (χ1) is 6.14. The van der Waals surface area contributed by atoms with E-state index in [1.807, 2.05) is 6.08 Å². The molecule has 0 aromatic heterocycles. The van der Waals surface area contributed by atoms with Gasteiger partial charge in [-0.3, -0.25) is 4.79 Å². The lowest BCUT2D eigenvalue weighted by atomic mass is 9.68. The Balaban J connectivity index is 2.66. The highest BCUT2D eigenvalue weighted by molar-refractivity contribution is 5.67. The second-order valence-electron chi connectivity index (χ2n) is 3.39. The van der Waals surface area contributed by atoms with Crippen LogP contribution in [0.3, 0.4) is 0 Å². The fourth-order valence-electron chi connectivity index (χ4n) is 1.73. The van der Waals surface area contributed by atoms with E-state index in [9.17, 15) is 4.79 Å². The summed E-state index contributed by atoms with van der Waals surface area (Å²) in [6.07, 6.45) is 9.81. The maximum atomic E-state index is 10.8. The van der Waals surface area contributed by atoms with Crippen LogP contribution in [0.4, 0.5) is 0 Å². The molecule has 70 valence electrons. The van der Waals surface area contributed by atoms with E-state index in [4.69, 9.17) is 11.2 Å². The fraction of sp³-hybridized carbons (Fsp3) is 0.545. The molecular weight excluding hydrogens is 164 g/mol. The van der Waals surface area contributed by atoms with E-state index in [1.54, 1.807) is 0 Å². The minimum absolute atomic E-state index is 0.263. The number of hydrogen-bond acceptors (Lipinski definition) is 2. The number of allylic oxidation sites excluding steroid dienone is 1. The Bertz CT molecular complexity index is 262. The first kappa shape index (κ1) is 9.85. The number of rotatable bonds is 3. The van der Waals surface area contributed by atoms with Crippen molar-refractivity contribution in [3.63, 3.8) is 0 Å². The van der Waals surface area contributed by atoms with E-state index in [1.165, 1.54) is 6.92 Å². The van der Waals surface area contributed by atoms with Gasteiger partial charge < -0.3 is 4.74 Å². The van der Waals surface area contributed by atoms with Gasteiger partial charge in [0.1, 0.15) is 0 Å². The molecule has 0 aliphatic heterocycles. The summed E-state index contributed by atoms with van der Waals surface area (Å²) in [6.45, 7) is 5.04. The molecule has 1 rings (SSSR count). The molecule has 13 heavy (non-hydrogen) atoms. The van der Waals surface area contributed by atoms with Gasteiger partial charge in [-0.1, -0.05) is 12.0 Å². The van der Waals surface area contributed by atoms with Crippen LogP contribution in [0, 0.1) is 18.3 Å². The van der Waals surface area contributed by atoms with Crippen LogP contribution in [0.15, 0.2) is 12.7 Å². The summed E-state index contributed by atoms with van der Waals surface area (Å²) in [6, 6.07) is 0. The largest absolute Gasteiger partial charge is 0.446 e. The molecule has 1 fully saturated rings. The van der Waals surface area contributed by atoms with Gasteiger partial charge in [0.15, 0.2) is 5.60 Å². The Labute approximate surface area is 79.0 Å². The molecule has 0 N–H and O–H groups in total. The Hall–Kier alpha value is -1.23. The van der Waals surface area contributed by atoms with Gasteiger partial charge in [-0.15, -0.1) is 13.0 Å². The maximum absolute atomic E-state index is 10.8. The van der Waals surface area contributed by atoms with Crippen LogP contribution in [0.2, 0.25) is 0 Å². The van der Waals surface area contributed by atoms with E-state index < -0.39 is 5.60 Å². The second-order valence-corrected chi connectivity index (χ2v) is 3.39. The van der Waals surface area contributed by atoms with Crippen molar-refractivity contribution in [1.82, 2.24) is 0 Å². The summed E-state index contributed by atoms with van der Waals surface area (Å²) in [5.74, 6) is 2.55. The van der Waals surface area contributed by atoms with Crippen molar-refractivity contribution in [3.05, 3.63) is 12.7 Å². The standard InChI is InChI=1S/C11H14O2/c1-4-6-10-7-8-11(10,5-2)13-9(3)12/h2,4,10H,1,6-8H2,3H3. The molecule has 2 unspecified atom stereocenters. The molecule has 0 aromatic carbocycles. The summed E-state index contributed by atoms with van der Waals surface area (Å²) >= 11 is 0. The molecule has 0 amide bonds. The van der Waals surface area contributed by atoms with Crippen molar-refractivity contribution in [2.45, 2.75) is 31.8 Å². The van der Waals surface area contributed by atoms with Crippen molar-refractivity contribution >= 4 is 5.97 Å². The quantitative estimate of drug-likeness (QED) is 0.375. The van der Waals surface area contributed by atoms with Gasteiger partial charge in [-0.05, 0) is 19.3 Å². The topological polar surface area (TPSA) is 26.3 Å². The molecule has 1 aliphatic rings. The van der Waals surface area contributed by atoms with Crippen LogP contribution >= 0.6 is 0 Å². The number of carbonyl (C=O) groups excluding carboxylic acids is 1. The third-order valence-electron chi connectivity index (χ3n) is 2.55. The monoisotopic (exact) mass is 178 g/mol. The number of esters is 1. The Morgan fingerprint density at radius 3 is 2.92 bits per heavy atom. The Morgan fingerprint density at radius 1 is 1.92 bits per heavy atom. The smallest absolute Gasteiger partial charge is 0.304 e. The predicted molar refractivity (Wildman–Crippen MR) is 50.9 cm³/mol. The summed E-state index contributed by atoms with van der Waals surface area (Å²) in [4.78, 5) is 10.8. The van der Waals surface area contributed by atoms with Crippen LogP contribution in [0.5, 0.6) is 0 Å². The van der Waals surface area contributed by atoms with Gasteiger partial charge in [0.25, 0.3) is 0 Å². The highest BCUT2D eigenvalue weighted by Gasteiger charge is 2.47. The maximum Gasteiger partial charge on any atom is 0.304 e. The van der Waals surface area contributed by atoms with E-state index in [2.05, 4.69) is 12.5 Å². The first-order valence-electron chi connectivity index (χ1n) is 4.43. The fourth-order valence-corrected chi connectivity index (χ4v) is 1.73. The zero-order valence-corrected chi connectivity index (χ0v) is 7.88. The van der Waals surface area contributed by atoms with Gasteiger partial charge >= 0.3 is 5.97 Å². The Kier molecular flexibility index (Phi) is 2.77. The number of terminal acetylenes is 1. The molecule has 0 aromatic rings. The molecule has 1 saturated carbocycles. The zero-order valence-electron chi connectivity index (χ0n) is 7.88. The summed E-state index contributed by atoms with van der Waals surface area (Å²) < 4.78 is 5.17. The van der Waals surface area contributed by atoms with Crippen molar-refractivity contribution in [2.24, 2.45) is 5.92 Å². The normalized spacial score (nSPS) is 31.2. The molecule has 1 aliphatic carbocycles. The van der Waals surface area contributed by atoms with Gasteiger partial charge in [-0.2, -0.15) is 0 Å². The van der Waals surface area contributed by atoms with Crippen LogP contribution < -0.4 is 0 Å². The molecular formula is C11H14O2. The first-order valence-corrected chi connectivity index (χ1v) is 4.43. The number of hydrogen-bond donors (Lipinski definition) is 0. The van der Waals surface area contributed by atoms with E-state index in [0.29, 0.717) is 0 Å². The van der Waals surface area contributed by atoms with Crippen LogP contribution in [-0.2, 0) is 9.53 Å². The molecule has 0 radical (unpaired) electrons. The van der Waals surface area contributed by atoms with Crippen LogP contribution in [0.1, 0.15) is 26.2 Å². The van der Waals surface area contributed by atoms with Gasteiger partial charge in [0.2, 0.25) is 0 Å². The minimum atomic E-state index is -0.639. The molecule has 2 heteroatoms. The van der Waals surface area contributed by atoms with Crippen molar-refractivity contribution in [3.8, 4) is 12.3 Å². The minimum Gasteiger partial charge on any atom is -0.446 e. The average Bonchev–Trinajstić information content (AvgIpc) is 2.08. The third kappa shape index (κ3) is 1.75. The molecule has 0 saturated heterocycles. The van der Waals surface area contributed by atoms with Gasteiger partial charge in [0, 0.05) is 12.8 Å². The Morgan fingerprint density at radius 2 is 2.62 bits per heavy atom. The highest BCUT2D eigenvalue weighted by atomic mass is 16.6. The average molecular weight is 178 g/mol. The predicted octanol–water partition coefficient (Wildman–Crippen LogP) is 1.91. The molecule has 2 nitrogen and oxygen atoms in total. The molecule has 0 spiro atoms. The van der Waals surface area contributed by atoms with Crippen molar-refractivity contribution in [1.29, 1.82) is 0 Å². The van der Waals surface area contributed by atoms with Crippen LogP contribution in [0.25, 0.3) is 0 Å². The highest BCUT2D eigenvalue weighted by Crippen LogP contribution is 2.43. The number of carbonyl (C=O) groups is 1. The third-order valence-corrected chi connectivity index (χ3v) is 2.55. The molecule has 2 atom stereocenters. The van der Waals surface area contributed by atoms with Gasteiger partial charge in [0.05, 0.1) is 0 Å². The summed E-state index contributed by atoms with van der Waals surface area (Å²) in [7, 11) is 0. The summed E-state index contributed by atoms with van der Waals surface area (Å²) in [5.41, 5.74) is -0.639. The lowest BCUT2D eigenvalue weighted by Crippen LogP contribution is -2.49. The van der Waals surface area contributed by atoms with Gasteiger partial charge in [-0.25, -0.2) is 0 Å². The van der Waals surface area contributed by atoms with E-state index >= 15 is 0 Å². The van der Waals surface area contributed by atoms with E-state index in [0.717, 1.165) is 19.3 Å².